The van der Waals surface area contributed by atoms with Crippen molar-refractivity contribution in [2.45, 2.75) is 20.1 Å². The minimum absolute atomic E-state index is 0.201. The van der Waals surface area contributed by atoms with Crippen molar-refractivity contribution in [2.75, 3.05) is 25.1 Å². The zero-order valence-electron chi connectivity index (χ0n) is 18.7. The van der Waals surface area contributed by atoms with E-state index in [1.807, 2.05) is 60.7 Å². The molecule has 1 amide bonds. The normalized spacial score (nSPS) is 10.7. The Kier molecular flexibility index (Phi) is 9.63. The van der Waals surface area contributed by atoms with Crippen LogP contribution >= 0.6 is 0 Å². The molecule has 0 bridgehead atoms. The van der Waals surface area contributed by atoms with Gasteiger partial charge in [-0.05, 0) is 36.2 Å². The third-order valence-electron chi connectivity index (χ3n) is 4.87. The van der Waals surface area contributed by atoms with Gasteiger partial charge < -0.3 is 19.5 Å². The summed E-state index contributed by atoms with van der Waals surface area (Å²) in [5, 5.41) is 2.87. The van der Waals surface area contributed by atoms with Crippen molar-refractivity contribution in [3.8, 4) is 0 Å². The molecule has 0 unspecified atom stereocenters. The number of hydrogen-bond donors (Lipinski definition) is 1. The molecule has 0 aromatic heterocycles. The van der Waals surface area contributed by atoms with Crippen LogP contribution in [-0.2, 0) is 32.2 Å². The molecule has 6 nitrogen and oxygen atoms in total. The highest BCUT2D eigenvalue weighted by molar-refractivity contribution is 5.95. The maximum absolute atomic E-state index is 13.0. The molecule has 0 saturated carbocycles. The Hall–Kier alpha value is -3.48. The molecule has 3 rings (SSSR count). The zero-order chi connectivity index (χ0) is 23.3. The standard InChI is InChI=1S/C27H29NO5/c1-2-33-27(30)23-14-9-15-25(16-23)28-26(29)24(19-31-17-21-10-5-3-6-11-21)20-32-18-22-12-7-4-8-13-22/h3-16,24H,2,17-20H2,1H3,(H,28,29). The first-order chi connectivity index (χ1) is 16.2. The van der Waals surface area contributed by atoms with Crippen molar-refractivity contribution < 1.29 is 23.8 Å². The fourth-order valence-electron chi connectivity index (χ4n) is 3.17. The van der Waals surface area contributed by atoms with E-state index >= 15 is 0 Å². The minimum atomic E-state index is -0.524. The Balaban J connectivity index is 1.61. The summed E-state index contributed by atoms with van der Waals surface area (Å²) in [7, 11) is 0. The highest BCUT2D eigenvalue weighted by atomic mass is 16.5. The molecule has 33 heavy (non-hydrogen) atoms. The average molecular weight is 448 g/mol. The number of amides is 1. The molecule has 0 spiro atoms. The molecule has 0 aliphatic rings. The second kappa shape index (κ2) is 13.2. The van der Waals surface area contributed by atoms with Crippen LogP contribution in [0.25, 0.3) is 0 Å². The number of ether oxygens (including phenoxy) is 3. The van der Waals surface area contributed by atoms with Gasteiger partial charge in [-0.15, -0.1) is 0 Å². The van der Waals surface area contributed by atoms with Crippen molar-refractivity contribution in [3.05, 3.63) is 102 Å². The van der Waals surface area contributed by atoms with Gasteiger partial charge in [0.2, 0.25) is 5.91 Å². The Labute approximate surface area is 194 Å². The van der Waals surface area contributed by atoms with Crippen molar-refractivity contribution in [1.29, 1.82) is 0 Å². The van der Waals surface area contributed by atoms with Gasteiger partial charge >= 0.3 is 5.97 Å². The summed E-state index contributed by atoms with van der Waals surface area (Å²) in [4.78, 5) is 25.0. The topological polar surface area (TPSA) is 73.9 Å². The van der Waals surface area contributed by atoms with Gasteiger partial charge in [0, 0.05) is 5.69 Å². The molecule has 0 fully saturated rings. The van der Waals surface area contributed by atoms with Gasteiger partial charge in [-0.3, -0.25) is 4.79 Å². The molecule has 0 atom stereocenters. The smallest absolute Gasteiger partial charge is 0.338 e. The molecule has 0 aliphatic heterocycles. The van der Waals surface area contributed by atoms with E-state index in [2.05, 4.69) is 5.32 Å². The Bertz CT molecular complexity index is 962. The molecule has 1 N–H and O–H groups in total. The summed E-state index contributed by atoms with van der Waals surface area (Å²) in [6, 6.07) is 26.3. The average Bonchev–Trinajstić information content (AvgIpc) is 2.84. The highest BCUT2D eigenvalue weighted by Gasteiger charge is 2.20. The molecule has 6 heteroatoms. The lowest BCUT2D eigenvalue weighted by molar-refractivity contribution is -0.124. The lowest BCUT2D eigenvalue weighted by atomic mass is 10.1. The van der Waals surface area contributed by atoms with Crippen LogP contribution < -0.4 is 5.32 Å². The predicted molar refractivity (Wildman–Crippen MR) is 127 cm³/mol. The molecule has 0 radical (unpaired) electrons. The number of hydrogen-bond acceptors (Lipinski definition) is 5. The van der Waals surface area contributed by atoms with Crippen LogP contribution in [0.5, 0.6) is 0 Å². The van der Waals surface area contributed by atoms with Gasteiger partial charge in [0.25, 0.3) is 0 Å². The third kappa shape index (κ3) is 8.18. The number of carbonyl (C=O) groups excluding carboxylic acids is 2. The summed E-state index contributed by atoms with van der Waals surface area (Å²) in [5.74, 6) is -1.19. The van der Waals surface area contributed by atoms with Crippen LogP contribution in [0.4, 0.5) is 5.69 Å². The van der Waals surface area contributed by atoms with Crippen molar-refractivity contribution >= 4 is 17.6 Å². The van der Waals surface area contributed by atoms with Gasteiger partial charge in [-0.1, -0.05) is 66.7 Å². The number of esters is 1. The van der Waals surface area contributed by atoms with E-state index in [4.69, 9.17) is 14.2 Å². The van der Waals surface area contributed by atoms with Gasteiger partial charge in [0.05, 0.1) is 44.5 Å². The van der Waals surface area contributed by atoms with Crippen LogP contribution in [0, 0.1) is 5.92 Å². The van der Waals surface area contributed by atoms with E-state index in [9.17, 15) is 9.59 Å². The van der Waals surface area contributed by atoms with E-state index in [1.54, 1.807) is 31.2 Å². The summed E-state index contributed by atoms with van der Waals surface area (Å²) in [6.07, 6.45) is 0. The molecular weight excluding hydrogens is 418 g/mol. The zero-order valence-corrected chi connectivity index (χ0v) is 18.7. The Morgan fingerprint density at radius 2 is 1.36 bits per heavy atom. The third-order valence-corrected chi connectivity index (χ3v) is 4.87. The molecule has 172 valence electrons. The lowest BCUT2D eigenvalue weighted by Gasteiger charge is -2.18. The molecule has 0 saturated heterocycles. The first-order valence-corrected chi connectivity index (χ1v) is 11.0. The molecule has 3 aromatic rings. The number of carbonyl (C=O) groups is 2. The quantitative estimate of drug-likeness (QED) is 0.402. The second-order valence-electron chi connectivity index (χ2n) is 7.49. The maximum Gasteiger partial charge on any atom is 0.338 e. The van der Waals surface area contributed by atoms with Crippen LogP contribution in [-0.4, -0.2) is 31.7 Å². The minimum Gasteiger partial charge on any atom is -0.462 e. The monoisotopic (exact) mass is 447 g/mol. The van der Waals surface area contributed by atoms with Crippen LogP contribution in [0.15, 0.2) is 84.9 Å². The molecule has 0 heterocycles. The van der Waals surface area contributed by atoms with Crippen molar-refractivity contribution in [3.63, 3.8) is 0 Å². The van der Waals surface area contributed by atoms with E-state index in [0.29, 0.717) is 24.5 Å². The second-order valence-corrected chi connectivity index (χ2v) is 7.49. The molecule has 0 aliphatic carbocycles. The maximum atomic E-state index is 13.0. The van der Waals surface area contributed by atoms with Crippen LogP contribution in [0.1, 0.15) is 28.4 Å². The number of benzene rings is 3. The van der Waals surface area contributed by atoms with Gasteiger partial charge in [-0.2, -0.15) is 0 Å². The fourth-order valence-corrected chi connectivity index (χ4v) is 3.17. The van der Waals surface area contributed by atoms with E-state index < -0.39 is 11.9 Å². The van der Waals surface area contributed by atoms with Crippen LogP contribution in [0.2, 0.25) is 0 Å². The van der Waals surface area contributed by atoms with Gasteiger partial charge in [0.1, 0.15) is 0 Å². The van der Waals surface area contributed by atoms with Crippen molar-refractivity contribution in [2.24, 2.45) is 5.92 Å². The summed E-state index contributed by atoms with van der Waals surface area (Å²) >= 11 is 0. The van der Waals surface area contributed by atoms with Crippen molar-refractivity contribution in [1.82, 2.24) is 0 Å². The SMILES string of the molecule is CCOC(=O)c1cccc(NC(=O)C(COCc2ccccc2)COCc2ccccc2)c1. The van der Waals surface area contributed by atoms with E-state index in [-0.39, 0.29) is 25.7 Å². The lowest BCUT2D eigenvalue weighted by Crippen LogP contribution is -2.30. The largest absolute Gasteiger partial charge is 0.462 e. The number of rotatable bonds is 12. The molecular formula is C27H29NO5. The summed E-state index contributed by atoms with van der Waals surface area (Å²) in [5.41, 5.74) is 2.96. The number of nitrogens with one attached hydrogen (secondary N) is 1. The first kappa shape index (κ1) is 24.2. The highest BCUT2D eigenvalue weighted by Crippen LogP contribution is 2.15. The summed E-state index contributed by atoms with van der Waals surface area (Å²) < 4.78 is 16.7. The Morgan fingerprint density at radius 3 is 1.91 bits per heavy atom. The number of anilines is 1. The van der Waals surface area contributed by atoms with Gasteiger partial charge in [-0.25, -0.2) is 4.79 Å². The molecule has 3 aromatic carbocycles. The van der Waals surface area contributed by atoms with Gasteiger partial charge in [0.15, 0.2) is 0 Å². The van der Waals surface area contributed by atoms with E-state index in [1.165, 1.54) is 0 Å². The Morgan fingerprint density at radius 1 is 0.788 bits per heavy atom. The first-order valence-electron chi connectivity index (χ1n) is 11.0. The fraction of sp³-hybridized carbons (Fsp3) is 0.259. The summed E-state index contributed by atoms with van der Waals surface area (Å²) in [6.45, 7) is 3.25. The predicted octanol–water partition coefficient (Wildman–Crippen LogP) is 4.85. The van der Waals surface area contributed by atoms with Crippen LogP contribution in [0.3, 0.4) is 0 Å². The van der Waals surface area contributed by atoms with E-state index in [0.717, 1.165) is 11.1 Å².